The molecule has 0 atom stereocenters. The van der Waals surface area contributed by atoms with Gasteiger partial charge in [0.2, 0.25) is 0 Å². The molecule has 1 aliphatic heterocycles. The van der Waals surface area contributed by atoms with Crippen LogP contribution in [0.5, 0.6) is 0 Å². The van der Waals surface area contributed by atoms with Gasteiger partial charge in [0.1, 0.15) is 11.5 Å². The summed E-state index contributed by atoms with van der Waals surface area (Å²) >= 11 is 0. The minimum Gasteiger partial charge on any atom is -0.397 e. The van der Waals surface area contributed by atoms with Crippen LogP contribution < -0.4 is 16.0 Å². The normalized spacial score (nSPS) is 16.1. The van der Waals surface area contributed by atoms with E-state index in [4.69, 9.17) is 5.73 Å². The topological polar surface area (TPSA) is 58.4 Å². The molecule has 16 heavy (non-hydrogen) atoms. The number of nitrogens with zero attached hydrogens (tertiary/aromatic N) is 1. The number of nitrogens with two attached hydrogens (primary N) is 1. The van der Waals surface area contributed by atoms with Crippen LogP contribution in [0.4, 0.5) is 25.0 Å². The Kier molecular flexibility index (Phi) is 2.64. The maximum Gasteiger partial charge on any atom is 0.322 e. The summed E-state index contributed by atoms with van der Waals surface area (Å²) in [6.45, 7) is 0.927. The Balaban J connectivity index is 2.42. The van der Waals surface area contributed by atoms with Gasteiger partial charge in [0, 0.05) is 19.2 Å². The Morgan fingerprint density at radius 3 is 2.75 bits per heavy atom. The number of urea groups is 1. The van der Waals surface area contributed by atoms with Gasteiger partial charge in [0.05, 0.1) is 5.69 Å². The molecule has 4 nitrogen and oxygen atoms in total. The number of amides is 2. The Morgan fingerprint density at radius 1 is 1.38 bits per heavy atom. The SMILES string of the molecule is Nc1cc(F)cc(F)c1N1CCCNC1=O. The van der Waals surface area contributed by atoms with Crippen molar-refractivity contribution < 1.29 is 13.6 Å². The number of nitrogen functional groups attached to an aromatic ring is 1. The van der Waals surface area contributed by atoms with Crippen LogP contribution in [0.25, 0.3) is 0 Å². The van der Waals surface area contributed by atoms with Crippen molar-refractivity contribution in [3.05, 3.63) is 23.8 Å². The molecular formula is C10H11F2N3O. The Hall–Kier alpha value is -1.85. The molecule has 0 aromatic heterocycles. The number of hydrogen-bond acceptors (Lipinski definition) is 2. The number of hydrogen-bond donors (Lipinski definition) is 2. The van der Waals surface area contributed by atoms with Crippen molar-refractivity contribution in [2.45, 2.75) is 6.42 Å². The number of carbonyl (C=O) groups is 1. The standard InChI is InChI=1S/C10H11F2N3O/c11-6-4-7(12)9(8(13)5-6)15-3-1-2-14-10(15)16/h4-5H,1-3,13H2,(H,14,16). The second-order valence-corrected chi connectivity index (χ2v) is 3.56. The van der Waals surface area contributed by atoms with Crippen molar-refractivity contribution in [3.63, 3.8) is 0 Å². The molecule has 6 heteroatoms. The molecule has 1 fully saturated rings. The van der Waals surface area contributed by atoms with Gasteiger partial charge in [-0.15, -0.1) is 0 Å². The third-order valence-electron chi connectivity index (χ3n) is 2.41. The van der Waals surface area contributed by atoms with Crippen molar-refractivity contribution >= 4 is 17.4 Å². The maximum atomic E-state index is 13.5. The first-order chi connectivity index (χ1) is 7.59. The highest BCUT2D eigenvalue weighted by Gasteiger charge is 2.24. The highest BCUT2D eigenvalue weighted by Crippen LogP contribution is 2.28. The van der Waals surface area contributed by atoms with Crippen LogP contribution >= 0.6 is 0 Å². The molecule has 3 N–H and O–H groups in total. The number of nitrogens with one attached hydrogen (secondary N) is 1. The second-order valence-electron chi connectivity index (χ2n) is 3.56. The fourth-order valence-electron chi connectivity index (χ4n) is 1.71. The van der Waals surface area contributed by atoms with Gasteiger partial charge < -0.3 is 11.1 Å². The number of carbonyl (C=O) groups excluding carboxylic acids is 1. The van der Waals surface area contributed by atoms with Crippen LogP contribution in [0.3, 0.4) is 0 Å². The average molecular weight is 227 g/mol. The molecule has 2 rings (SSSR count). The van der Waals surface area contributed by atoms with Crippen molar-refractivity contribution in [1.82, 2.24) is 5.32 Å². The summed E-state index contributed by atoms with van der Waals surface area (Å²) in [5.74, 6) is -1.58. The van der Waals surface area contributed by atoms with E-state index in [-0.39, 0.29) is 11.4 Å². The molecule has 1 saturated heterocycles. The maximum absolute atomic E-state index is 13.5. The number of halogens is 2. The predicted octanol–water partition coefficient (Wildman–Crippen LogP) is 1.47. The van der Waals surface area contributed by atoms with E-state index in [9.17, 15) is 13.6 Å². The van der Waals surface area contributed by atoms with Gasteiger partial charge in [-0.3, -0.25) is 4.90 Å². The van der Waals surface area contributed by atoms with Gasteiger partial charge in [-0.2, -0.15) is 0 Å². The summed E-state index contributed by atoms with van der Waals surface area (Å²) in [7, 11) is 0. The van der Waals surface area contributed by atoms with E-state index < -0.39 is 17.7 Å². The minimum atomic E-state index is -0.824. The van der Waals surface area contributed by atoms with Crippen LogP contribution in [0.2, 0.25) is 0 Å². The number of anilines is 2. The Morgan fingerprint density at radius 2 is 2.12 bits per heavy atom. The van der Waals surface area contributed by atoms with E-state index in [2.05, 4.69) is 5.32 Å². The number of benzene rings is 1. The first kappa shape index (κ1) is 10.7. The molecule has 1 aromatic rings. The second kappa shape index (κ2) is 3.96. The average Bonchev–Trinajstić information content (AvgIpc) is 2.19. The van der Waals surface area contributed by atoms with Gasteiger partial charge in [-0.05, 0) is 12.5 Å². The van der Waals surface area contributed by atoms with Crippen LogP contribution in [0, 0.1) is 11.6 Å². The molecule has 0 saturated carbocycles. The molecule has 0 aliphatic carbocycles. The lowest BCUT2D eigenvalue weighted by atomic mass is 10.2. The van der Waals surface area contributed by atoms with Crippen LogP contribution in [0.1, 0.15) is 6.42 Å². The summed E-state index contributed by atoms with van der Waals surface area (Å²) in [6, 6.07) is 1.30. The van der Waals surface area contributed by atoms with E-state index in [1.165, 1.54) is 4.90 Å². The highest BCUT2D eigenvalue weighted by atomic mass is 19.1. The van der Waals surface area contributed by atoms with E-state index in [1.54, 1.807) is 0 Å². The fourth-order valence-corrected chi connectivity index (χ4v) is 1.71. The lowest BCUT2D eigenvalue weighted by Crippen LogP contribution is -2.47. The lowest BCUT2D eigenvalue weighted by molar-refractivity contribution is 0.242. The zero-order valence-electron chi connectivity index (χ0n) is 8.46. The van der Waals surface area contributed by atoms with Gasteiger partial charge in [-0.1, -0.05) is 0 Å². The molecule has 2 amide bonds. The van der Waals surface area contributed by atoms with Crippen molar-refractivity contribution in [2.75, 3.05) is 23.7 Å². The van der Waals surface area contributed by atoms with Gasteiger partial charge in [0.15, 0.2) is 5.82 Å². The zero-order chi connectivity index (χ0) is 11.7. The predicted molar refractivity (Wildman–Crippen MR) is 56.1 cm³/mol. The molecule has 1 heterocycles. The minimum absolute atomic E-state index is 0.0569. The van der Waals surface area contributed by atoms with Gasteiger partial charge >= 0.3 is 6.03 Å². The lowest BCUT2D eigenvalue weighted by Gasteiger charge is -2.28. The van der Waals surface area contributed by atoms with Crippen molar-refractivity contribution in [1.29, 1.82) is 0 Å². The van der Waals surface area contributed by atoms with Crippen LogP contribution in [0.15, 0.2) is 12.1 Å². The van der Waals surface area contributed by atoms with Gasteiger partial charge in [0.25, 0.3) is 0 Å². The van der Waals surface area contributed by atoms with E-state index in [0.29, 0.717) is 25.6 Å². The van der Waals surface area contributed by atoms with E-state index in [1.807, 2.05) is 0 Å². The van der Waals surface area contributed by atoms with Gasteiger partial charge in [-0.25, -0.2) is 13.6 Å². The molecule has 0 bridgehead atoms. The summed E-state index contributed by atoms with van der Waals surface area (Å²) in [6.07, 6.45) is 0.696. The first-order valence-electron chi connectivity index (χ1n) is 4.89. The summed E-state index contributed by atoms with van der Waals surface area (Å²) in [5, 5.41) is 2.57. The largest absolute Gasteiger partial charge is 0.397 e. The zero-order valence-corrected chi connectivity index (χ0v) is 8.46. The molecule has 0 radical (unpaired) electrons. The molecule has 0 spiro atoms. The molecule has 1 aliphatic rings. The Labute approximate surface area is 91.0 Å². The van der Waals surface area contributed by atoms with E-state index >= 15 is 0 Å². The summed E-state index contributed by atoms with van der Waals surface area (Å²) < 4.78 is 26.4. The van der Waals surface area contributed by atoms with Crippen LogP contribution in [-0.2, 0) is 0 Å². The summed E-state index contributed by atoms with van der Waals surface area (Å²) in [4.78, 5) is 12.7. The molecule has 0 unspecified atom stereocenters. The van der Waals surface area contributed by atoms with Crippen molar-refractivity contribution in [3.8, 4) is 0 Å². The molecular weight excluding hydrogens is 216 g/mol. The number of rotatable bonds is 1. The quantitative estimate of drug-likeness (QED) is 0.714. The first-order valence-corrected chi connectivity index (χ1v) is 4.89. The van der Waals surface area contributed by atoms with Crippen LogP contribution in [-0.4, -0.2) is 19.1 Å². The highest BCUT2D eigenvalue weighted by molar-refractivity contribution is 5.95. The molecule has 1 aromatic carbocycles. The smallest absolute Gasteiger partial charge is 0.322 e. The third kappa shape index (κ3) is 1.78. The Bertz CT molecular complexity index is 413. The summed E-state index contributed by atoms with van der Waals surface area (Å²) in [5.41, 5.74) is 5.38. The fraction of sp³-hybridized carbons (Fsp3) is 0.300. The van der Waals surface area contributed by atoms with E-state index in [0.717, 1.165) is 6.07 Å². The molecule has 86 valence electrons. The monoisotopic (exact) mass is 227 g/mol. The van der Waals surface area contributed by atoms with Crippen molar-refractivity contribution in [2.24, 2.45) is 0 Å². The third-order valence-corrected chi connectivity index (χ3v) is 2.41.